The van der Waals surface area contributed by atoms with Crippen LogP contribution in [0.2, 0.25) is 0 Å². The van der Waals surface area contributed by atoms with Gasteiger partial charge in [-0.3, -0.25) is 0 Å². The van der Waals surface area contributed by atoms with Crippen LogP contribution in [0.4, 0.5) is 17.1 Å². The number of rotatable bonds is 4. The zero-order valence-corrected chi connectivity index (χ0v) is 24.7. The fourth-order valence-corrected chi connectivity index (χ4v) is 6.88. The van der Waals surface area contributed by atoms with Crippen molar-refractivity contribution in [1.82, 2.24) is 4.57 Å². The highest BCUT2D eigenvalue weighted by Gasteiger charge is 2.22. The molecule has 8 aromatic rings. The third-order valence-corrected chi connectivity index (χ3v) is 9.04. The fraction of sp³-hybridized carbons (Fsp3) is 0.0256. The van der Waals surface area contributed by atoms with Gasteiger partial charge in [-0.05, 0) is 98.5 Å². The van der Waals surface area contributed by atoms with E-state index < -0.39 is 0 Å². The summed E-state index contributed by atoms with van der Waals surface area (Å²) in [5.41, 5.74) is 8.02. The van der Waals surface area contributed by atoms with Gasteiger partial charge in [0, 0.05) is 22.1 Å². The minimum atomic E-state index is 1.04. The molecule has 0 aliphatic carbocycles. The second kappa shape index (κ2) is 9.90. The van der Waals surface area contributed by atoms with Crippen LogP contribution in [0.3, 0.4) is 0 Å². The molecule has 200 valence electrons. The van der Waals surface area contributed by atoms with E-state index in [1.807, 2.05) is 0 Å². The Labute approximate surface area is 253 Å². The summed E-state index contributed by atoms with van der Waals surface area (Å²) in [7, 11) is 0. The number of anilines is 3. The highest BCUT2D eigenvalue weighted by molar-refractivity contribution is 9.10. The summed E-state index contributed by atoms with van der Waals surface area (Å²) in [5, 5.41) is 7.40. The van der Waals surface area contributed by atoms with Gasteiger partial charge in [-0.25, -0.2) is 0 Å². The van der Waals surface area contributed by atoms with Crippen molar-refractivity contribution >= 4 is 76.3 Å². The average molecular weight is 604 g/mol. The van der Waals surface area contributed by atoms with Gasteiger partial charge in [0.1, 0.15) is 0 Å². The van der Waals surface area contributed by atoms with Gasteiger partial charge >= 0.3 is 0 Å². The Bertz CT molecular complexity index is 2160. The number of aryl methyl sites for hydroxylation is 1. The average Bonchev–Trinajstić information content (AvgIpc) is 3.37. The maximum Gasteiger partial charge on any atom is 0.0657 e. The van der Waals surface area contributed by atoms with Gasteiger partial charge < -0.3 is 9.47 Å². The fourth-order valence-electron chi connectivity index (χ4n) is 6.30. The first kappa shape index (κ1) is 24.9. The molecule has 2 nitrogen and oxygen atoms in total. The minimum absolute atomic E-state index is 1.04. The smallest absolute Gasteiger partial charge is 0.0657 e. The van der Waals surface area contributed by atoms with E-state index >= 15 is 0 Å². The van der Waals surface area contributed by atoms with Crippen LogP contribution in [-0.2, 0) is 0 Å². The molecule has 3 heteroatoms. The third-order valence-electron chi connectivity index (χ3n) is 8.22. The molecule has 0 spiro atoms. The van der Waals surface area contributed by atoms with Crippen molar-refractivity contribution in [3.05, 3.63) is 156 Å². The van der Waals surface area contributed by atoms with Crippen LogP contribution in [-0.4, -0.2) is 4.57 Å². The van der Waals surface area contributed by atoms with Crippen molar-refractivity contribution in [3.63, 3.8) is 0 Å². The van der Waals surface area contributed by atoms with E-state index in [2.05, 4.69) is 178 Å². The highest BCUT2D eigenvalue weighted by Crippen LogP contribution is 2.45. The Morgan fingerprint density at radius 1 is 0.500 bits per heavy atom. The van der Waals surface area contributed by atoms with Crippen molar-refractivity contribution < 1.29 is 0 Å². The van der Waals surface area contributed by atoms with Crippen molar-refractivity contribution in [2.75, 3.05) is 4.90 Å². The van der Waals surface area contributed by atoms with E-state index in [1.54, 1.807) is 0 Å². The number of aromatic nitrogens is 1. The number of nitrogens with zero attached hydrogens (tertiary/aromatic N) is 2. The van der Waals surface area contributed by atoms with E-state index in [1.165, 1.54) is 48.9 Å². The van der Waals surface area contributed by atoms with Crippen molar-refractivity contribution in [2.24, 2.45) is 0 Å². The van der Waals surface area contributed by atoms with Crippen LogP contribution in [0.1, 0.15) is 5.56 Å². The Kier molecular flexibility index (Phi) is 5.87. The number of hydrogen-bond acceptors (Lipinski definition) is 1. The van der Waals surface area contributed by atoms with E-state index in [0.717, 1.165) is 27.2 Å². The van der Waals surface area contributed by atoms with Gasteiger partial charge in [-0.15, -0.1) is 0 Å². The summed E-state index contributed by atoms with van der Waals surface area (Å²) in [6.45, 7) is 2.19. The number of benzene rings is 7. The van der Waals surface area contributed by atoms with E-state index in [0.29, 0.717) is 0 Å². The quantitative estimate of drug-likeness (QED) is 0.194. The molecule has 0 amide bonds. The molecule has 0 radical (unpaired) electrons. The topological polar surface area (TPSA) is 8.17 Å². The third kappa shape index (κ3) is 4.00. The first-order valence-electron chi connectivity index (χ1n) is 14.2. The highest BCUT2D eigenvalue weighted by atomic mass is 79.9. The molecule has 0 unspecified atom stereocenters. The molecular formula is C39H27BrN2. The zero-order valence-electron chi connectivity index (χ0n) is 23.1. The van der Waals surface area contributed by atoms with Gasteiger partial charge in [0.15, 0.2) is 0 Å². The zero-order chi connectivity index (χ0) is 28.2. The number of hydrogen-bond donors (Lipinski definition) is 0. The number of para-hydroxylation sites is 2. The molecule has 42 heavy (non-hydrogen) atoms. The molecule has 0 atom stereocenters. The van der Waals surface area contributed by atoms with Crippen molar-refractivity contribution in [1.29, 1.82) is 0 Å². The van der Waals surface area contributed by atoms with Crippen LogP contribution < -0.4 is 4.90 Å². The van der Waals surface area contributed by atoms with Crippen molar-refractivity contribution in [3.8, 4) is 5.69 Å². The van der Waals surface area contributed by atoms with Gasteiger partial charge in [0.25, 0.3) is 0 Å². The summed E-state index contributed by atoms with van der Waals surface area (Å²) in [6, 6.07) is 52.5. The normalized spacial score (nSPS) is 11.6. The molecule has 7 aromatic carbocycles. The molecular weight excluding hydrogens is 576 g/mol. The van der Waals surface area contributed by atoms with Crippen LogP contribution in [0.25, 0.3) is 49.0 Å². The summed E-state index contributed by atoms with van der Waals surface area (Å²) in [4.78, 5) is 2.38. The standard InChI is InChI=1S/C39H27BrN2/c1-26-22-37(39(40)38(23-26)42-35-16-8-6-14-33(35)34-15-7-9-17-36(34)42)41(31-20-18-27-10-2-4-12-29(27)24-31)32-21-19-28-11-3-5-13-30(28)25-32/h2-25H,1H3. The second-order valence-corrected chi connectivity index (χ2v) is 11.7. The molecule has 8 rings (SSSR count). The van der Waals surface area contributed by atoms with Gasteiger partial charge in [-0.2, -0.15) is 0 Å². The summed E-state index contributed by atoms with van der Waals surface area (Å²) < 4.78 is 3.44. The van der Waals surface area contributed by atoms with Crippen LogP contribution >= 0.6 is 15.9 Å². The molecule has 0 saturated heterocycles. The number of halogens is 1. The lowest BCUT2D eigenvalue weighted by Crippen LogP contribution is -2.12. The first-order chi connectivity index (χ1) is 20.7. The Hall–Kier alpha value is -4.86. The molecule has 0 N–H and O–H groups in total. The maximum atomic E-state index is 4.14. The first-order valence-corrected chi connectivity index (χ1v) is 15.0. The predicted molar refractivity (Wildman–Crippen MR) is 183 cm³/mol. The lowest BCUT2D eigenvalue weighted by atomic mass is 10.1. The van der Waals surface area contributed by atoms with E-state index in [4.69, 9.17) is 0 Å². The molecule has 1 heterocycles. The monoisotopic (exact) mass is 602 g/mol. The largest absolute Gasteiger partial charge is 0.309 e. The lowest BCUT2D eigenvalue weighted by Gasteiger charge is -2.29. The van der Waals surface area contributed by atoms with Gasteiger partial charge in [0.2, 0.25) is 0 Å². The van der Waals surface area contributed by atoms with Crippen LogP contribution in [0.5, 0.6) is 0 Å². The van der Waals surface area contributed by atoms with E-state index in [9.17, 15) is 0 Å². The SMILES string of the molecule is Cc1cc(N(c2ccc3ccccc3c2)c2ccc3ccccc3c2)c(Br)c(-n2c3ccccc3c3ccccc32)c1. The van der Waals surface area contributed by atoms with Crippen LogP contribution in [0, 0.1) is 6.92 Å². The summed E-state index contributed by atoms with van der Waals surface area (Å²) in [6.07, 6.45) is 0. The summed E-state index contributed by atoms with van der Waals surface area (Å²) in [5.74, 6) is 0. The number of fused-ring (bicyclic) bond motifs is 5. The van der Waals surface area contributed by atoms with E-state index in [-0.39, 0.29) is 0 Å². The molecule has 0 saturated carbocycles. The Morgan fingerprint density at radius 3 is 1.52 bits per heavy atom. The lowest BCUT2D eigenvalue weighted by molar-refractivity contribution is 1.14. The molecule has 1 aromatic heterocycles. The van der Waals surface area contributed by atoms with Gasteiger partial charge in [0.05, 0.1) is 26.9 Å². The minimum Gasteiger partial charge on any atom is -0.309 e. The molecule has 0 aliphatic rings. The molecule has 0 aliphatic heterocycles. The van der Waals surface area contributed by atoms with Crippen molar-refractivity contribution in [2.45, 2.75) is 6.92 Å². The van der Waals surface area contributed by atoms with Crippen LogP contribution in [0.15, 0.2) is 150 Å². The molecule has 0 fully saturated rings. The Balaban J connectivity index is 1.42. The van der Waals surface area contributed by atoms with Gasteiger partial charge in [-0.1, -0.05) is 97.1 Å². The Morgan fingerprint density at radius 2 is 0.976 bits per heavy atom. The maximum absolute atomic E-state index is 4.14. The molecule has 0 bridgehead atoms. The second-order valence-electron chi connectivity index (χ2n) is 10.9. The summed E-state index contributed by atoms with van der Waals surface area (Å²) >= 11 is 4.14. The predicted octanol–water partition coefficient (Wildman–Crippen LogP) is 11.6.